The molecule has 15 heavy (non-hydrogen) atoms. The molecule has 7 nitrogen and oxygen atoms in total. The average molecular weight is 222 g/mol. The summed E-state index contributed by atoms with van der Waals surface area (Å²) in [6.45, 7) is 0.127. The third-order valence-electron chi connectivity index (χ3n) is 2.33. The van der Waals surface area contributed by atoms with Crippen LogP contribution in [0.1, 0.15) is 0 Å². The zero-order chi connectivity index (χ0) is 11.4. The molecule has 0 spiro atoms. The van der Waals surface area contributed by atoms with E-state index >= 15 is 0 Å². The minimum atomic E-state index is -1.21. The first-order valence-electron chi connectivity index (χ1n) is 4.81. The van der Waals surface area contributed by atoms with Crippen LogP contribution in [0, 0.1) is 0 Å². The molecule has 90 valence electrons. The number of rotatable bonds is 4. The predicted molar refractivity (Wildman–Crippen MR) is 50.7 cm³/mol. The van der Waals surface area contributed by atoms with E-state index < -0.39 is 37.3 Å². The Kier molecular flexibility index (Phi) is 4.87. The first-order chi connectivity index (χ1) is 7.11. The number of ether oxygens (including phenoxy) is 2. The Morgan fingerprint density at radius 2 is 1.93 bits per heavy atom. The molecule has 7 heteroatoms. The molecule has 1 rings (SSSR count). The van der Waals surface area contributed by atoms with Crippen molar-refractivity contribution in [1.82, 2.24) is 0 Å². The molecule has 5 atom stereocenters. The topological polar surface area (TPSA) is 131 Å². The van der Waals surface area contributed by atoms with Crippen LogP contribution in [0.3, 0.4) is 0 Å². The van der Waals surface area contributed by atoms with Gasteiger partial charge in [-0.25, -0.2) is 0 Å². The number of hydrogen-bond acceptors (Lipinski definition) is 7. The first-order valence-corrected chi connectivity index (χ1v) is 4.81. The number of aliphatic hydroxyl groups is 3. The predicted octanol–water partition coefficient (Wildman–Crippen LogP) is -3.27. The summed E-state index contributed by atoms with van der Waals surface area (Å²) in [4.78, 5) is 0. The maximum absolute atomic E-state index is 9.54. The summed E-state index contributed by atoms with van der Waals surface area (Å²) < 4.78 is 10.3. The molecule has 0 saturated carbocycles. The average Bonchev–Trinajstić information content (AvgIpc) is 2.25. The van der Waals surface area contributed by atoms with Gasteiger partial charge >= 0.3 is 0 Å². The number of nitrogens with two attached hydrogens (primary N) is 2. The normalized spacial score (nSPS) is 41.8. The second-order valence-corrected chi connectivity index (χ2v) is 3.44. The third-order valence-corrected chi connectivity index (χ3v) is 2.33. The molecule has 1 fully saturated rings. The fraction of sp³-hybridized carbons (Fsp3) is 1.00. The maximum atomic E-state index is 9.54. The Labute approximate surface area is 87.6 Å². The van der Waals surface area contributed by atoms with Crippen molar-refractivity contribution in [3.63, 3.8) is 0 Å². The lowest BCUT2D eigenvalue weighted by molar-refractivity contribution is -0.264. The standard InChI is InChI=1S/C8H18N2O5/c9-1-2-14-8-5(10)7(13)6(12)4(3-11)15-8/h4-8,11-13H,1-3,9-10H2/t4?,5?,6-,7?,8+/m0/s1. The highest BCUT2D eigenvalue weighted by Crippen LogP contribution is 2.20. The van der Waals surface area contributed by atoms with E-state index in [9.17, 15) is 10.2 Å². The fourth-order valence-corrected chi connectivity index (χ4v) is 1.44. The fourth-order valence-electron chi connectivity index (χ4n) is 1.44. The van der Waals surface area contributed by atoms with Crippen LogP contribution in [0.2, 0.25) is 0 Å². The summed E-state index contributed by atoms with van der Waals surface area (Å²) in [6, 6.07) is -0.852. The van der Waals surface area contributed by atoms with Crippen molar-refractivity contribution in [2.45, 2.75) is 30.6 Å². The third kappa shape index (κ3) is 2.85. The van der Waals surface area contributed by atoms with Gasteiger partial charge in [0.2, 0.25) is 0 Å². The van der Waals surface area contributed by atoms with Gasteiger partial charge in [-0.15, -0.1) is 0 Å². The highest BCUT2D eigenvalue weighted by Gasteiger charge is 2.42. The van der Waals surface area contributed by atoms with Gasteiger partial charge in [0.05, 0.1) is 19.3 Å². The lowest BCUT2D eigenvalue weighted by atomic mass is 9.98. The summed E-state index contributed by atoms with van der Waals surface area (Å²) in [5, 5.41) is 27.9. The summed E-state index contributed by atoms with van der Waals surface area (Å²) >= 11 is 0. The van der Waals surface area contributed by atoms with Crippen LogP contribution >= 0.6 is 0 Å². The molecule has 0 amide bonds. The lowest BCUT2D eigenvalue weighted by Crippen LogP contribution is -2.62. The minimum absolute atomic E-state index is 0.235. The highest BCUT2D eigenvalue weighted by molar-refractivity contribution is 4.91. The summed E-state index contributed by atoms with van der Waals surface area (Å²) in [7, 11) is 0. The molecule has 1 saturated heterocycles. The number of hydrogen-bond donors (Lipinski definition) is 5. The highest BCUT2D eigenvalue weighted by atomic mass is 16.7. The van der Waals surface area contributed by atoms with E-state index in [1.54, 1.807) is 0 Å². The SMILES string of the molecule is NCCO[C@@H]1OC(CO)[C@H](O)C(O)C1N. The molecule has 0 aromatic rings. The molecule has 0 bridgehead atoms. The van der Waals surface area contributed by atoms with Crippen LogP contribution in [0.5, 0.6) is 0 Å². The van der Waals surface area contributed by atoms with E-state index in [-0.39, 0.29) is 6.61 Å². The van der Waals surface area contributed by atoms with Crippen molar-refractivity contribution in [3.8, 4) is 0 Å². The van der Waals surface area contributed by atoms with E-state index in [0.29, 0.717) is 6.54 Å². The largest absolute Gasteiger partial charge is 0.394 e. The molecule has 0 aromatic heterocycles. The minimum Gasteiger partial charge on any atom is -0.394 e. The van der Waals surface area contributed by atoms with Gasteiger partial charge in [-0.3, -0.25) is 0 Å². The van der Waals surface area contributed by atoms with Crippen LogP contribution < -0.4 is 11.5 Å². The lowest BCUT2D eigenvalue weighted by Gasteiger charge is -2.40. The quantitative estimate of drug-likeness (QED) is 0.337. The Morgan fingerprint density at radius 3 is 2.47 bits per heavy atom. The van der Waals surface area contributed by atoms with Gasteiger partial charge in [-0.05, 0) is 0 Å². The van der Waals surface area contributed by atoms with Gasteiger partial charge in [0.1, 0.15) is 18.3 Å². The Hall–Kier alpha value is -0.280. The van der Waals surface area contributed by atoms with Crippen LogP contribution in [0.4, 0.5) is 0 Å². The van der Waals surface area contributed by atoms with Crippen molar-refractivity contribution in [1.29, 1.82) is 0 Å². The first kappa shape index (κ1) is 12.8. The molecular formula is C8H18N2O5. The van der Waals surface area contributed by atoms with Crippen LogP contribution in [0.15, 0.2) is 0 Å². The molecule has 1 aliphatic rings. The second-order valence-electron chi connectivity index (χ2n) is 3.44. The smallest absolute Gasteiger partial charge is 0.175 e. The zero-order valence-electron chi connectivity index (χ0n) is 8.32. The van der Waals surface area contributed by atoms with Crippen LogP contribution in [-0.4, -0.2) is 65.7 Å². The van der Waals surface area contributed by atoms with E-state index in [1.807, 2.05) is 0 Å². The molecule has 0 radical (unpaired) electrons. The van der Waals surface area contributed by atoms with Gasteiger partial charge in [-0.1, -0.05) is 0 Å². The van der Waals surface area contributed by atoms with E-state index in [0.717, 1.165) is 0 Å². The van der Waals surface area contributed by atoms with E-state index in [1.165, 1.54) is 0 Å². The van der Waals surface area contributed by atoms with Crippen molar-refractivity contribution in [3.05, 3.63) is 0 Å². The Morgan fingerprint density at radius 1 is 1.27 bits per heavy atom. The van der Waals surface area contributed by atoms with Gasteiger partial charge in [0.25, 0.3) is 0 Å². The summed E-state index contributed by atoms with van der Waals surface area (Å²) in [5.74, 6) is 0. The maximum Gasteiger partial charge on any atom is 0.175 e. The van der Waals surface area contributed by atoms with Crippen molar-refractivity contribution < 1.29 is 24.8 Å². The monoisotopic (exact) mass is 222 g/mol. The van der Waals surface area contributed by atoms with Gasteiger partial charge in [-0.2, -0.15) is 0 Å². The molecule has 1 aliphatic heterocycles. The van der Waals surface area contributed by atoms with E-state index in [4.69, 9.17) is 26.0 Å². The summed E-state index contributed by atoms with van der Waals surface area (Å²) in [5.41, 5.74) is 10.8. The van der Waals surface area contributed by atoms with Crippen molar-refractivity contribution in [2.24, 2.45) is 11.5 Å². The van der Waals surface area contributed by atoms with Crippen molar-refractivity contribution >= 4 is 0 Å². The van der Waals surface area contributed by atoms with E-state index in [2.05, 4.69) is 0 Å². The van der Waals surface area contributed by atoms with Gasteiger partial charge in [0, 0.05) is 6.54 Å². The molecule has 3 unspecified atom stereocenters. The van der Waals surface area contributed by atoms with Crippen LogP contribution in [0.25, 0.3) is 0 Å². The van der Waals surface area contributed by atoms with Crippen LogP contribution in [-0.2, 0) is 9.47 Å². The number of aliphatic hydroxyl groups excluding tert-OH is 3. The molecule has 0 aliphatic carbocycles. The molecular weight excluding hydrogens is 204 g/mol. The second kappa shape index (κ2) is 5.71. The van der Waals surface area contributed by atoms with Crippen molar-refractivity contribution in [2.75, 3.05) is 19.8 Å². The van der Waals surface area contributed by atoms with Gasteiger partial charge in [0.15, 0.2) is 6.29 Å². The van der Waals surface area contributed by atoms with Gasteiger partial charge < -0.3 is 36.3 Å². The molecule has 7 N–H and O–H groups in total. The Bertz CT molecular complexity index is 192. The Balaban J connectivity index is 2.57. The zero-order valence-corrected chi connectivity index (χ0v) is 8.32. The summed E-state index contributed by atoms with van der Waals surface area (Å²) in [6.07, 6.45) is -4.13. The molecule has 1 heterocycles. The molecule has 0 aromatic carbocycles.